The van der Waals surface area contributed by atoms with Crippen LogP contribution in [-0.2, 0) is 4.79 Å². The van der Waals surface area contributed by atoms with E-state index in [1.807, 2.05) is 19.1 Å². The molecule has 2 N–H and O–H groups in total. The zero-order valence-corrected chi connectivity index (χ0v) is 18.6. The molecule has 1 aliphatic carbocycles. The minimum atomic E-state index is -0.499. The molecule has 1 amide bonds. The average Bonchev–Trinajstić information content (AvgIpc) is 3.58. The number of carbonyl (C=O) groups is 1. The largest absolute Gasteiger partial charge is 0.494 e. The average molecular weight is 454 g/mol. The fourth-order valence-corrected chi connectivity index (χ4v) is 4.05. The van der Waals surface area contributed by atoms with Crippen molar-refractivity contribution >= 4 is 34.0 Å². The minimum Gasteiger partial charge on any atom is -0.494 e. The van der Waals surface area contributed by atoms with Gasteiger partial charge in [0, 0.05) is 17.5 Å². The van der Waals surface area contributed by atoms with Crippen LogP contribution in [0.5, 0.6) is 17.4 Å². The molecule has 0 radical (unpaired) electrons. The molecule has 1 aliphatic rings. The Hall–Kier alpha value is -3.37. The highest BCUT2D eigenvalue weighted by atomic mass is 35.5. The Balaban J connectivity index is 1.82. The lowest BCUT2D eigenvalue weighted by molar-refractivity contribution is -0.117. The van der Waals surface area contributed by atoms with Crippen molar-refractivity contribution in [1.29, 1.82) is 5.26 Å². The van der Waals surface area contributed by atoms with Crippen molar-refractivity contribution in [3.63, 3.8) is 0 Å². The number of nitrogens with zero attached hydrogens (tertiary/aromatic N) is 2. The van der Waals surface area contributed by atoms with E-state index in [9.17, 15) is 15.2 Å². The summed E-state index contributed by atoms with van der Waals surface area (Å²) in [5.74, 6) is 1.03. The minimum absolute atomic E-state index is 0.0209. The van der Waals surface area contributed by atoms with Crippen LogP contribution in [0.15, 0.2) is 36.5 Å². The van der Waals surface area contributed by atoms with E-state index in [4.69, 9.17) is 21.1 Å². The lowest BCUT2D eigenvalue weighted by Crippen LogP contribution is -2.13. The molecule has 1 unspecified atom stereocenters. The maximum atomic E-state index is 12.3. The van der Waals surface area contributed by atoms with Crippen molar-refractivity contribution in [1.82, 2.24) is 4.57 Å². The standard InChI is InChI=1S/C24H24ClN3O4/c1-3-32-21-12-15(6-9-20(21)31-2)19(10-11-26)28-13-16-17(25)7-8-18(22(16)24(28)30)27-23(29)14-4-5-14/h6-9,12-14,19,30H,3-5,10H2,1-2H3,(H,27,29). The van der Waals surface area contributed by atoms with E-state index >= 15 is 0 Å². The maximum absolute atomic E-state index is 12.3. The molecule has 2 aromatic carbocycles. The molecule has 0 spiro atoms. The molecule has 32 heavy (non-hydrogen) atoms. The monoisotopic (exact) mass is 453 g/mol. The molecule has 8 heteroatoms. The molecule has 0 saturated heterocycles. The van der Waals surface area contributed by atoms with Gasteiger partial charge in [-0.25, -0.2) is 0 Å². The van der Waals surface area contributed by atoms with Gasteiger partial charge in [0.15, 0.2) is 11.5 Å². The molecule has 1 saturated carbocycles. The normalized spacial score (nSPS) is 14.1. The highest BCUT2D eigenvalue weighted by Crippen LogP contribution is 2.43. The summed E-state index contributed by atoms with van der Waals surface area (Å²) < 4.78 is 12.7. The number of fused-ring (bicyclic) bond motifs is 1. The van der Waals surface area contributed by atoms with Gasteiger partial charge in [-0.3, -0.25) is 4.79 Å². The summed E-state index contributed by atoms with van der Waals surface area (Å²) in [5.41, 5.74) is 1.27. The van der Waals surface area contributed by atoms with E-state index in [-0.39, 0.29) is 24.1 Å². The smallest absolute Gasteiger partial charge is 0.227 e. The number of hydrogen-bond donors (Lipinski definition) is 2. The van der Waals surface area contributed by atoms with Crippen molar-refractivity contribution in [2.24, 2.45) is 5.92 Å². The van der Waals surface area contributed by atoms with Gasteiger partial charge in [0.25, 0.3) is 0 Å². The Bertz CT molecular complexity index is 1210. The number of carbonyl (C=O) groups excluding carboxylic acids is 1. The fraction of sp³-hybridized carbons (Fsp3) is 0.333. The third kappa shape index (κ3) is 4.06. The summed E-state index contributed by atoms with van der Waals surface area (Å²) >= 11 is 6.42. The second kappa shape index (κ2) is 9.01. The Morgan fingerprint density at radius 2 is 2.12 bits per heavy atom. The number of hydrogen-bond acceptors (Lipinski definition) is 5. The van der Waals surface area contributed by atoms with Crippen molar-refractivity contribution in [2.45, 2.75) is 32.2 Å². The van der Waals surface area contributed by atoms with E-state index in [0.29, 0.717) is 39.6 Å². The molecule has 7 nitrogen and oxygen atoms in total. The third-order valence-corrected chi connectivity index (χ3v) is 5.96. The van der Waals surface area contributed by atoms with E-state index in [1.165, 1.54) is 0 Å². The number of aromatic hydroxyl groups is 1. The number of aromatic nitrogens is 1. The van der Waals surface area contributed by atoms with E-state index in [2.05, 4.69) is 11.4 Å². The molecular weight excluding hydrogens is 430 g/mol. The van der Waals surface area contributed by atoms with Gasteiger partial charge in [0.05, 0.1) is 48.3 Å². The zero-order chi connectivity index (χ0) is 22.8. The molecule has 4 rings (SSSR count). The molecule has 1 atom stereocenters. The lowest BCUT2D eigenvalue weighted by Gasteiger charge is -2.19. The van der Waals surface area contributed by atoms with Crippen LogP contribution in [0, 0.1) is 17.2 Å². The summed E-state index contributed by atoms with van der Waals surface area (Å²) in [4.78, 5) is 12.3. The Kier molecular flexibility index (Phi) is 6.15. The van der Waals surface area contributed by atoms with Crippen molar-refractivity contribution in [3.8, 4) is 23.4 Å². The second-order valence-electron chi connectivity index (χ2n) is 7.73. The van der Waals surface area contributed by atoms with Crippen molar-refractivity contribution in [2.75, 3.05) is 19.0 Å². The molecule has 0 aliphatic heterocycles. The molecular formula is C24H24ClN3O4. The van der Waals surface area contributed by atoms with Crippen LogP contribution >= 0.6 is 11.6 Å². The first-order valence-electron chi connectivity index (χ1n) is 10.5. The van der Waals surface area contributed by atoms with Crippen LogP contribution in [-0.4, -0.2) is 29.3 Å². The van der Waals surface area contributed by atoms with Gasteiger partial charge in [-0.1, -0.05) is 17.7 Å². The number of methoxy groups -OCH3 is 1. The first-order valence-corrected chi connectivity index (χ1v) is 10.9. The molecule has 1 fully saturated rings. The van der Waals surface area contributed by atoms with Crippen LogP contribution in [0.4, 0.5) is 5.69 Å². The number of anilines is 1. The third-order valence-electron chi connectivity index (χ3n) is 5.63. The molecule has 0 bridgehead atoms. The quantitative estimate of drug-likeness (QED) is 0.485. The number of halogens is 1. The number of ether oxygens (including phenoxy) is 2. The Morgan fingerprint density at radius 1 is 1.34 bits per heavy atom. The number of amides is 1. The Morgan fingerprint density at radius 3 is 2.78 bits per heavy atom. The number of nitriles is 1. The van der Waals surface area contributed by atoms with E-state index in [1.54, 1.807) is 36.1 Å². The van der Waals surface area contributed by atoms with Gasteiger partial charge in [-0.15, -0.1) is 0 Å². The highest BCUT2D eigenvalue weighted by molar-refractivity contribution is 6.36. The van der Waals surface area contributed by atoms with Gasteiger partial charge in [0.1, 0.15) is 0 Å². The van der Waals surface area contributed by atoms with E-state index in [0.717, 1.165) is 18.4 Å². The lowest BCUT2D eigenvalue weighted by atomic mass is 10.0. The topological polar surface area (TPSA) is 96.5 Å². The highest BCUT2D eigenvalue weighted by Gasteiger charge is 2.31. The summed E-state index contributed by atoms with van der Waals surface area (Å²) in [7, 11) is 1.56. The number of rotatable bonds is 8. The van der Waals surface area contributed by atoms with Gasteiger partial charge in [-0.2, -0.15) is 5.26 Å². The van der Waals surface area contributed by atoms with Crippen molar-refractivity contribution < 1.29 is 19.4 Å². The van der Waals surface area contributed by atoms with Crippen LogP contribution < -0.4 is 14.8 Å². The van der Waals surface area contributed by atoms with Crippen LogP contribution in [0.25, 0.3) is 10.8 Å². The molecule has 3 aromatic rings. The van der Waals surface area contributed by atoms with Gasteiger partial charge >= 0.3 is 0 Å². The first kappa shape index (κ1) is 21.8. The number of benzene rings is 2. The molecule has 1 heterocycles. The van der Waals surface area contributed by atoms with Crippen LogP contribution in [0.1, 0.15) is 37.8 Å². The van der Waals surface area contributed by atoms with Crippen LogP contribution in [0.2, 0.25) is 5.02 Å². The predicted molar refractivity (Wildman–Crippen MR) is 122 cm³/mol. The predicted octanol–water partition coefficient (Wildman–Crippen LogP) is 5.26. The van der Waals surface area contributed by atoms with Gasteiger partial charge < -0.3 is 24.5 Å². The SMILES string of the molecule is CCOc1cc(C(CC#N)n2cc3c(Cl)ccc(NC(=O)C4CC4)c3c2O)ccc1OC. The summed E-state index contributed by atoms with van der Waals surface area (Å²) in [6, 6.07) is 10.5. The fourth-order valence-electron chi connectivity index (χ4n) is 3.84. The summed E-state index contributed by atoms with van der Waals surface area (Å²) in [5, 5.41) is 25.1. The second-order valence-corrected chi connectivity index (χ2v) is 8.14. The molecule has 1 aromatic heterocycles. The first-order chi connectivity index (χ1) is 15.5. The Labute approximate surface area is 191 Å². The maximum Gasteiger partial charge on any atom is 0.227 e. The van der Waals surface area contributed by atoms with Gasteiger partial charge in [0.2, 0.25) is 11.8 Å². The van der Waals surface area contributed by atoms with Crippen LogP contribution in [0.3, 0.4) is 0 Å². The van der Waals surface area contributed by atoms with Crippen molar-refractivity contribution in [3.05, 3.63) is 47.1 Å². The summed E-state index contributed by atoms with van der Waals surface area (Å²) in [6.07, 6.45) is 3.57. The van der Waals surface area contributed by atoms with E-state index < -0.39 is 6.04 Å². The molecule has 166 valence electrons. The number of nitrogens with one attached hydrogen (secondary N) is 1. The van der Waals surface area contributed by atoms with Gasteiger partial charge in [-0.05, 0) is 49.6 Å². The summed E-state index contributed by atoms with van der Waals surface area (Å²) in [6.45, 7) is 2.34. The zero-order valence-electron chi connectivity index (χ0n) is 17.9.